The lowest BCUT2D eigenvalue weighted by Crippen LogP contribution is -2.08. The Morgan fingerprint density at radius 2 is 2.31 bits per heavy atom. The summed E-state index contributed by atoms with van der Waals surface area (Å²) in [6.45, 7) is 1.57. The van der Waals surface area contributed by atoms with Crippen LogP contribution in [0.2, 0.25) is 5.02 Å². The number of esters is 1. The highest BCUT2D eigenvalue weighted by molar-refractivity contribution is 6.32. The predicted molar refractivity (Wildman–Crippen MR) is 58.0 cm³/mol. The maximum Gasteiger partial charge on any atom is 0.338 e. The van der Waals surface area contributed by atoms with Gasteiger partial charge in [0.1, 0.15) is 6.07 Å². The molecular formula is C11H10ClNO3. The van der Waals surface area contributed by atoms with E-state index < -0.39 is 5.97 Å². The molecule has 5 heteroatoms. The zero-order valence-electron chi connectivity index (χ0n) is 8.66. The molecule has 0 saturated carbocycles. The molecule has 1 aromatic carbocycles. The number of hydrogen-bond acceptors (Lipinski definition) is 4. The molecule has 0 amide bonds. The maximum absolute atomic E-state index is 11.5. The average Bonchev–Trinajstić information content (AvgIpc) is 2.29. The van der Waals surface area contributed by atoms with Crippen LogP contribution < -0.4 is 0 Å². The van der Waals surface area contributed by atoms with Gasteiger partial charge in [-0.1, -0.05) is 11.6 Å². The Morgan fingerprint density at radius 3 is 2.81 bits per heavy atom. The fourth-order valence-corrected chi connectivity index (χ4v) is 1.44. The summed E-state index contributed by atoms with van der Waals surface area (Å²) in [5.41, 5.74) is 0.742. The van der Waals surface area contributed by atoms with Gasteiger partial charge in [0.15, 0.2) is 0 Å². The smallest absolute Gasteiger partial charge is 0.338 e. The number of carbonyl (C=O) groups excluding carboxylic acids is 1. The minimum Gasteiger partial charge on any atom is -0.462 e. The first-order valence-corrected chi connectivity index (χ1v) is 5.02. The first kappa shape index (κ1) is 12.5. The Hall–Kier alpha value is -1.57. The topological polar surface area (TPSA) is 70.3 Å². The molecule has 0 heterocycles. The van der Waals surface area contributed by atoms with Crippen LogP contribution in [0.1, 0.15) is 28.4 Å². The van der Waals surface area contributed by atoms with Crippen molar-refractivity contribution in [2.24, 2.45) is 0 Å². The van der Waals surface area contributed by atoms with Crippen LogP contribution >= 0.6 is 11.6 Å². The van der Waals surface area contributed by atoms with E-state index in [1.54, 1.807) is 6.92 Å². The summed E-state index contributed by atoms with van der Waals surface area (Å²) in [4.78, 5) is 11.5. The highest BCUT2D eigenvalue weighted by atomic mass is 35.5. The molecule has 0 atom stereocenters. The van der Waals surface area contributed by atoms with Crippen LogP contribution in [0.15, 0.2) is 12.1 Å². The summed E-state index contributed by atoms with van der Waals surface area (Å²) in [6, 6.07) is 4.59. The van der Waals surface area contributed by atoms with Gasteiger partial charge < -0.3 is 9.84 Å². The van der Waals surface area contributed by atoms with E-state index in [9.17, 15) is 4.79 Å². The number of benzene rings is 1. The quantitative estimate of drug-likeness (QED) is 0.818. The Labute approximate surface area is 98.0 Å². The number of aliphatic hydroxyl groups is 1. The normalized spacial score (nSPS) is 9.62. The van der Waals surface area contributed by atoms with E-state index in [2.05, 4.69) is 0 Å². The zero-order valence-corrected chi connectivity index (χ0v) is 9.41. The fourth-order valence-electron chi connectivity index (χ4n) is 1.23. The number of rotatable bonds is 3. The molecule has 0 saturated heterocycles. The van der Waals surface area contributed by atoms with Crippen molar-refractivity contribution < 1.29 is 14.6 Å². The lowest BCUT2D eigenvalue weighted by atomic mass is 10.0. The van der Waals surface area contributed by atoms with Gasteiger partial charge in [-0.15, -0.1) is 0 Å². The highest BCUT2D eigenvalue weighted by Gasteiger charge is 2.15. The van der Waals surface area contributed by atoms with Crippen LogP contribution in [0.3, 0.4) is 0 Å². The Balaban J connectivity index is 3.24. The van der Waals surface area contributed by atoms with Crippen molar-refractivity contribution >= 4 is 17.6 Å². The molecule has 0 bridgehead atoms. The fraction of sp³-hybridized carbons (Fsp3) is 0.273. The Morgan fingerprint density at radius 1 is 1.62 bits per heavy atom. The van der Waals surface area contributed by atoms with E-state index in [-0.39, 0.29) is 29.4 Å². The van der Waals surface area contributed by atoms with Crippen LogP contribution in [0.25, 0.3) is 0 Å². The molecule has 16 heavy (non-hydrogen) atoms. The molecule has 84 valence electrons. The summed E-state index contributed by atoms with van der Waals surface area (Å²) >= 11 is 5.79. The van der Waals surface area contributed by atoms with Crippen molar-refractivity contribution in [1.29, 1.82) is 5.26 Å². The average molecular weight is 240 g/mol. The second kappa shape index (κ2) is 5.50. The summed E-state index contributed by atoms with van der Waals surface area (Å²) in [7, 11) is 0. The molecule has 0 fully saturated rings. The maximum atomic E-state index is 11.5. The Kier molecular flexibility index (Phi) is 4.29. The minimum absolute atomic E-state index is 0.169. The summed E-state index contributed by atoms with van der Waals surface area (Å²) < 4.78 is 4.81. The van der Waals surface area contributed by atoms with E-state index in [1.807, 2.05) is 6.07 Å². The van der Waals surface area contributed by atoms with E-state index in [0.717, 1.165) is 0 Å². The van der Waals surface area contributed by atoms with Crippen molar-refractivity contribution in [2.75, 3.05) is 6.61 Å². The van der Waals surface area contributed by atoms with Crippen molar-refractivity contribution in [3.8, 4) is 6.07 Å². The molecule has 0 radical (unpaired) electrons. The first-order valence-electron chi connectivity index (χ1n) is 4.64. The van der Waals surface area contributed by atoms with Gasteiger partial charge in [0.05, 0.1) is 29.4 Å². The van der Waals surface area contributed by atoms with E-state index in [1.165, 1.54) is 12.1 Å². The van der Waals surface area contributed by atoms with Crippen LogP contribution in [-0.4, -0.2) is 17.7 Å². The van der Waals surface area contributed by atoms with Gasteiger partial charge in [-0.2, -0.15) is 5.26 Å². The lowest BCUT2D eigenvalue weighted by Gasteiger charge is -2.08. The van der Waals surface area contributed by atoms with Crippen LogP contribution in [-0.2, 0) is 11.3 Å². The lowest BCUT2D eigenvalue weighted by molar-refractivity contribution is 0.0523. The number of nitrogens with zero attached hydrogens (tertiary/aromatic N) is 1. The third-order valence-electron chi connectivity index (χ3n) is 1.98. The van der Waals surface area contributed by atoms with Gasteiger partial charge in [-0.05, 0) is 24.6 Å². The van der Waals surface area contributed by atoms with Gasteiger partial charge >= 0.3 is 5.97 Å². The number of ether oxygens (including phenoxy) is 1. The molecule has 0 unspecified atom stereocenters. The highest BCUT2D eigenvalue weighted by Crippen LogP contribution is 2.22. The number of halogens is 1. The summed E-state index contributed by atoms with van der Waals surface area (Å²) in [5, 5.41) is 18.0. The van der Waals surface area contributed by atoms with Gasteiger partial charge in [0.2, 0.25) is 0 Å². The van der Waals surface area contributed by atoms with E-state index >= 15 is 0 Å². The van der Waals surface area contributed by atoms with Crippen LogP contribution in [0.5, 0.6) is 0 Å². The standard InChI is InChI=1S/C11H10ClNO3/c1-2-16-11(15)9-4-10(12)7(5-13)3-8(9)6-14/h3-4,14H,2,6H2,1H3. The Bertz CT molecular complexity index is 451. The molecule has 1 N–H and O–H groups in total. The SMILES string of the molecule is CCOC(=O)c1cc(Cl)c(C#N)cc1CO. The number of carbonyl (C=O) groups is 1. The molecule has 4 nitrogen and oxygen atoms in total. The second-order valence-corrected chi connectivity index (χ2v) is 3.39. The van der Waals surface area contributed by atoms with Crippen molar-refractivity contribution in [2.45, 2.75) is 13.5 Å². The van der Waals surface area contributed by atoms with E-state index in [0.29, 0.717) is 5.56 Å². The van der Waals surface area contributed by atoms with Crippen molar-refractivity contribution in [3.05, 3.63) is 33.8 Å². The molecule has 0 aromatic heterocycles. The van der Waals surface area contributed by atoms with Gasteiger partial charge in [0, 0.05) is 0 Å². The molecular weight excluding hydrogens is 230 g/mol. The predicted octanol–water partition coefficient (Wildman–Crippen LogP) is 1.88. The largest absolute Gasteiger partial charge is 0.462 e. The monoisotopic (exact) mass is 239 g/mol. The van der Waals surface area contributed by atoms with Gasteiger partial charge in [-0.3, -0.25) is 0 Å². The van der Waals surface area contributed by atoms with E-state index in [4.69, 9.17) is 26.7 Å². The van der Waals surface area contributed by atoms with Gasteiger partial charge in [0.25, 0.3) is 0 Å². The molecule has 0 aliphatic carbocycles. The molecule has 0 spiro atoms. The third kappa shape index (κ3) is 2.51. The van der Waals surface area contributed by atoms with Crippen LogP contribution in [0.4, 0.5) is 0 Å². The van der Waals surface area contributed by atoms with Crippen molar-refractivity contribution in [1.82, 2.24) is 0 Å². The number of aliphatic hydroxyl groups excluding tert-OH is 1. The minimum atomic E-state index is -0.557. The molecule has 0 aliphatic heterocycles. The summed E-state index contributed by atoms with van der Waals surface area (Å²) in [5.74, 6) is -0.557. The molecule has 0 aliphatic rings. The summed E-state index contributed by atoms with van der Waals surface area (Å²) in [6.07, 6.45) is 0. The van der Waals surface area contributed by atoms with Gasteiger partial charge in [-0.25, -0.2) is 4.79 Å². The van der Waals surface area contributed by atoms with Crippen molar-refractivity contribution in [3.63, 3.8) is 0 Å². The zero-order chi connectivity index (χ0) is 12.1. The van der Waals surface area contributed by atoms with Crippen LogP contribution in [0, 0.1) is 11.3 Å². The molecule has 1 rings (SSSR count). The second-order valence-electron chi connectivity index (χ2n) is 2.98. The number of hydrogen-bond donors (Lipinski definition) is 1. The molecule has 1 aromatic rings. The number of nitriles is 1. The first-order chi connectivity index (χ1) is 7.63. The third-order valence-corrected chi connectivity index (χ3v) is 2.29.